The number of carbonyl (C=O) groups excluding carboxylic acids is 2. The van der Waals surface area contributed by atoms with E-state index in [2.05, 4.69) is 10.6 Å². The summed E-state index contributed by atoms with van der Waals surface area (Å²) in [5, 5.41) is 5.91. The molecule has 140 valence electrons. The van der Waals surface area contributed by atoms with Crippen molar-refractivity contribution in [2.24, 2.45) is 5.92 Å². The maximum absolute atomic E-state index is 12.7. The molecule has 0 radical (unpaired) electrons. The van der Waals surface area contributed by atoms with Gasteiger partial charge in [-0.2, -0.15) is 0 Å². The van der Waals surface area contributed by atoms with Gasteiger partial charge in [0.15, 0.2) is 0 Å². The Hall–Kier alpha value is -3.40. The van der Waals surface area contributed by atoms with E-state index in [0.29, 0.717) is 11.3 Å². The largest absolute Gasteiger partial charge is 0.326 e. The molecular formula is C24H22N2O2. The van der Waals surface area contributed by atoms with Crippen molar-refractivity contribution in [2.75, 3.05) is 10.6 Å². The maximum Gasteiger partial charge on any atom is 0.255 e. The Balaban J connectivity index is 1.48. The molecule has 0 saturated heterocycles. The summed E-state index contributed by atoms with van der Waals surface area (Å²) in [5.41, 5.74) is 5.07. The molecule has 28 heavy (non-hydrogen) atoms. The van der Waals surface area contributed by atoms with E-state index in [1.807, 2.05) is 79.7 Å². The monoisotopic (exact) mass is 370 g/mol. The fraction of sp³-hybridized carbons (Fsp3) is 0.167. The van der Waals surface area contributed by atoms with Gasteiger partial charge >= 0.3 is 0 Å². The number of nitrogens with one attached hydrogen (secondary N) is 2. The first-order valence-electron chi connectivity index (χ1n) is 9.49. The van der Waals surface area contributed by atoms with Gasteiger partial charge in [0.05, 0.1) is 0 Å². The van der Waals surface area contributed by atoms with E-state index in [4.69, 9.17) is 0 Å². The highest BCUT2D eigenvalue weighted by Gasteiger charge is 2.29. The first-order chi connectivity index (χ1) is 13.6. The summed E-state index contributed by atoms with van der Waals surface area (Å²) in [6.07, 6.45) is 1.92. The van der Waals surface area contributed by atoms with Crippen LogP contribution in [-0.2, 0) is 4.79 Å². The molecule has 1 fully saturated rings. The number of hydrogen-bond acceptors (Lipinski definition) is 2. The smallest absolute Gasteiger partial charge is 0.255 e. The molecule has 3 aromatic rings. The lowest BCUT2D eigenvalue weighted by Crippen LogP contribution is -2.16. The van der Waals surface area contributed by atoms with Gasteiger partial charge in [-0.05, 0) is 60.7 Å². The summed E-state index contributed by atoms with van der Waals surface area (Å²) < 4.78 is 0. The molecule has 4 nitrogen and oxygen atoms in total. The van der Waals surface area contributed by atoms with Crippen molar-refractivity contribution in [3.8, 4) is 11.1 Å². The van der Waals surface area contributed by atoms with Crippen molar-refractivity contribution in [1.82, 2.24) is 0 Å². The molecule has 0 aromatic heterocycles. The topological polar surface area (TPSA) is 58.2 Å². The zero-order chi connectivity index (χ0) is 19.5. The molecule has 3 aromatic carbocycles. The van der Waals surface area contributed by atoms with Crippen LogP contribution >= 0.6 is 0 Å². The molecule has 1 aliphatic carbocycles. The van der Waals surface area contributed by atoms with Gasteiger partial charge in [0.2, 0.25) is 5.91 Å². The van der Waals surface area contributed by atoms with Crippen LogP contribution in [-0.4, -0.2) is 11.8 Å². The summed E-state index contributed by atoms with van der Waals surface area (Å²) in [6.45, 7) is 1.90. The Labute approximate surface area is 164 Å². The molecule has 4 rings (SSSR count). The van der Waals surface area contributed by atoms with Crippen LogP contribution in [0, 0.1) is 12.8 Å². The molecule has 0 aliphatic heterocycles. The second-order valence-electron chi connectivity index (χ2n) is 7.14. The van der Waals surface area contributed by atoms with Gasteiger partial charge in [-0.1, -0.05) is 48.5 Å². The molecule has 4 heteroatoms. The predicted octanol–water partition coefficient (Wildman–Crippen LogP) is 5.26. The van der Waals surface area contributed by atoms with Gasteiger partial charge in [-0.25, -0.2) is 0 Å². The molecule has 0 bridgehead atoms. The highest BCUT2D eigenvalue weighted by atomic mass is 16.2. The van der Waals surface area contributed by atoms with Crippen LogP contribution in [0.4, 0.5) is 11.4 Å². The maximum atomic E-state index is 12.7. The van der Waals surface area contributed by atoms with Crippen molar-refractivity contribution in [3.05, 3.63) is 83.9 Å². The minimum atomic E-state index is -0.173. The van der Waals surface area contributed by atoms with E-state index < -0.39 is 0 Å². The average molecular weight is 370 g/mol. The fourth-order valence-corrected chi connectivity index (χ4v) is 3.13. The van der Waals surface area contributed by atoms with E-state index in [1.54, 1.807) is 0 Å². The van der Waals surface area contributed by atoms with E-state index >= 15 is 0 Å². The van der Waals surface area contributed by atoms with Crippen LogP contribution in [0.3, 0.4) is 0 Å². The minimum absolute atomic E-state index is 0.0584. The van der Waals surface area contributed by atoms with Crippen molar-refractivity contribution in [1.29, 1.82) is 0 Å². The molecule has 1 aliphatic rings. The average Bonchev–Trinajstić information content (AvgIpc) is 3.57. The number of carbonyl (C=O) groups is 2. The summed E-state index contributed by atoms with van der Waals surface area (Å²) in [4.78, 5) is 24.7. The zero-order valence-electron chi connectivity index (χ0n) is 15.7. The lowest BCUT2D eigenvalue weighted by Gasteiger charge is -2.13. The van der Waals surface area contributed by atoms with E-state index in [1.165, 1.54) is 0 Å². The van der Waals surface area contributed by atoms with Crippen molar-refractivity contribution >= 4 is 23.2 Å². The van der Waals surface area contributed by atoms with Crippen LogP contribution in [0.2, 0.25) is 0 Å². The van der Waals surface area contributed by atoms with Crippen molar-refractivity contribution in [2.45, 2.75) is 19.8 Å². The zero-order valence-corrected chi connectivity index (χ0v) is 15.7. The van der Waals surface area contributed by atoms with Crippen molar-refractivity contribution in [3.63, 3.8) is 0 Å². The Morgan fingerprint density at radius 2 is 1.36 bits per heavy atom. The molecular weight excluding hydrogens is 348 g/mol. The first-order valence-corrected chi connectivity index (χ1v) is 9.49. The van der Waals surface area contributed by atoms with Gasteiger partial charge in [0, 0.05) is 22.9 Å². The normalized spacial score (nSPS) is 13.0. The van der Waals surface area contributed by atoms with Crippen LogP contribution in [0.25, 0.3) is 11.1 Å². The Kier molecular flexibility index (Phi) is 4.94. The second-order valence-corrected chi connectivity index (χ2v) is 7.14. The summed E-state index contributed by atoms with van der Waals surface area (Å²) in [5.74, 6) is 0.0252. The number of benzene rings is 3. The Morgan fingerprint density at radius 3 is 2.00 bits per heavy atom. The number of amides is 2. The van der Waals surface area contributed by atoms with E-state index in [0.717, 1.165) is 35.2 Å². The summed E-state index contributed by atoms with van der Waals surface area (Å²) in [6, 6.07) is 23.1. The van der Waals surface area contributed by atoms with Gasteiger partial charge < -0.3 is 10.6 Å². The first kappa shape index (κ1) is 18.0. The molecule has 2 N–H and O–H groups in total. The third-order valence-electron chi connectivity index (χ3n) is 5.04. The second kappa shape index (κ2) is 7.69. The van der Waals surface area contributed by atoms with Crippen LogP contribution in [0.5, 0.6) is 0 Å². The number of hydrogen-bond donors (Lipinski definition) is 2. The van der Waals surface area contributed by atoms with Gasteiger partial charge in [-0.15, -0.1) is 0 Å². The molecule has 0 heterocycles. The molecule has 0 spiro atoms. The standard InChI is InChI=1S/C24H22N2O2/c1-16-21(8-5-9-22(16)26-24(28)20-14-15-20)25-23(27)19-12-10-18(11-13-19)17-6-3-2-4-7-17/h2-13,20H,14-15H2,1H3,(H,25,27)(H,26,28). The third kappa shape index (κ3) is 3.96. The summed E-state index contributed by atoms with van der Waals surface area (Å²) in [7, 11) is 0. The number of anilines is 2. The van der Waals surface area contributed by atoms with Crippen LogP contribution < -0.4 is 10.6 Å². The predicted molar refractivity (Wildman–Crippen MR) is 112 cm³/mol. The Morgan fingerprint density at radius 1 is 0.750 bits per heavy atom. The van der Waals surface area contributed by atoms with E-state index in [-0.39, 0.29) is 17.7 Å². The number of rotatable bonds is 5. The molecule has 0 unspecified atom stereocenters. The molecule has 0 atom stereocenters. The molecule has 2 amide bonds. The molecule has 1 saturated carbocycles. The highest BCUT2D eigenvalue weighted by molar-refractivity contribution is 6.05. The SMILES string of the molecule is Cc1c(NC(=O)c2ccc(-c3ccccc3)cc2)cccc1NC(=O)C1CC1. The van der Waals surface area contributed by atoms with Crippen molar-refractivity contribution < 1.29 is 9.59 Å². The quantitative estimate of drug-likeness (QED) is 0.643. The lowest BCUT2D eigenvalue weighted by molar-refractivity contribution is -0.117. The van der Waals surface area contributed by atoms with Gasteiger partial charge in [0.1, 0.15) is 0 Å². The third-order valence-corrected chi connectivity index (χ3v) is 5.04. The van der Waals surface area contributed by atoms with Crippen LogP contribution in [0.1, 0.15) is 28.8 Å². The minimum Gasteiger partial charge on any atom is -0.326 e. The lowest BCUT2D eigenvalue weighted by atomic mass is 10.0. The Bertz CT molecular complexity index is 1010. The summed E-state index contributed by atoms with van der Waals surface area (Å²) >= 11 is 0. The van der Waals surface area contributed by atoms with Crippen LogP contribution in [0.15, 0.2) is 72.8 Å². The van der Waals surface area contributed by atoms with E-state index in [9.17, 15) is 9.59 Å². The fourth-order valence-electron chi connectivity index (χ4n) is 3.13. The van der Waals surface area contributed by atoms with Gasteiger partial charge in [-0.3, -0.25) is 9.59 Å². The highest BCUT2D eigenvalue weighted by Crippen LogP contribution is 2.32. The van der Waals surface area contributed by atoms with Gasteiger partial charge in [0.25, 0.3) is 5.91 Å².